The van der Waals surface area contributed by atoms with Crippen LogP contribution in [0, 0.1) is 0 Å². The molecule has 0 aromatic heterocycles. The standard InChI is InChI=1S/C10H20N2O2S/c1-15-7-4-9(11)10(14)12-5-2-8(13)3-6-12/h8-9,13H,2-7,11H2,1H3/t9-/m1/s1. The SMILES string of the molecule is CSCC[C@@H](N)C(=O)N1CCC(O)CC1. The molecule has 0 aromatic rings. The third kappa shape index (κ3) is 4.01. The minimum Gasteiger partial charge on any atom is -0.393 e. The van der Waals surface area contributed by atoms with Crippen molar-refractivity contribution in [3.63, 3.8) is 0 Å². The Morgan fingerprint density at radius 3 is 2.73 bits per heavy atom. The lowest BCUT2D eigenvalue weighted by Gasteiger charge is -2.31. The van der Waals surface area contributed by atoms with Crippen molar-refractivity contribution in [3.8, 4) is 0 Å². The van der Waals surface area contributed by atoms with Crippen LogP contribution in [0.3, 0.4) is 0 Å². The number of amides is 1. The summed E-state index contributed by atoms with van der Waals surface area (Å²) < 4.78 is 0. The van der Waals surface area contributed by atoms with Gasteiger partial charge in [-0.25, -0.2) is 0 Å². The number of aliphatic hydroxyl groups excluding tert-OH is 1. The van der Waals surface area contributed by atoms with Crippen molar-refractivity contribution >= 4 is 17.7 Å². The van der Waals surface area contributed by atoms with E-state index in [1.165, 1.54) is 0 Å². The second kappa shape index (κ2) is 6.35. The Morgan fingerprint density at radius 2 is 2.20 bits per heavy atom. The van der Waals surface area contributed by atoms with Crippen LogP contribution < -0.4 is 5.73 Å². The summed E-state index contributed by atoms with van der Waals surface area (Å²) in [4.78, 5) is 13.6. The Balaban J connectivity index is 2.32. The van der Waals surface area contributed by atoms with Crippen LogP contribution >= 0.6 is 11.8 Å². The van der Waals surface area contributed by atoms with E-state index in [0.717, 1.165) is 12.2 Å². The minimum absolute atomic E-state index is 0.0379. The molecule has 1 heterocycles. The van der Waals surface area contributed by atoms with E-state index in [1.54, 1.807) is 16.7 Å². The molecule has 88 valence electrons. The molecular formula is C10H20N2O2S. The topological polar surface area (TPSA) is 66.6 Å². The highest BCUT2D eigenvalue weighted by Crippen LogP contribution is 2.12. The van der Waals surface area contributed by atoms with Gasteiger partial charge < -0.3 is 15.7 Å². The quantitative estimate of drug-likeness (QED) is 0.719. The predicted molar refractivity (Wildman–Crippen MR) is 62.8 cm³/mol. The molecule has 4 nitrogen and oxygen atoms in total. The third-order valence-corrected chi connectivity index (χ3v) is 3.37. The fraction of sp³-hybridized carbons (Fsp3) is 0.900. The van der Waals surface area contributed by atoms with Crippen LogP contribution in [0.25, 0.3) is 0 Å². The number of hydrogen-bond acceptors (Lipinski definition) is 4. The van der Waals surface area contributed by atoms with E-state index in [-0.39, 0.29) is 18.1 Å². The number of nitrogens with two attached hydrogens (primary N) is 1. The highest BCUT2D eigenvalue weighted by molar-refractivity contribution is 7.98. The molecular weight excluding hydrogens is 212 g/mol. The van der Waals surface area contributed by atoms with E-state index in [9.17, 15) is 9.90 Å². The van der Waals surface area contributed by atoms with Gasteiger partial charge in [0.15, 0.2) is 0 Å². The maximum atomic E-state index is 11.8. The lowest BCUT2D eigenvalue weighted by atomic mass is 10.1. The number of aliphatic hydroxyl groups is 1. The number of piperidine rings is 1. The molecule has 1 amide bonds. The van der Waals surface area contributed by atoms with Crippen LogP contribution in [0.4, 0.5) is 0 Å². The van der Waals surface area contributed by atoms with Crippen LogP contribution in [0.15, 0.2) is 0 Å². The van der Waals surface area contributed by atoms with E-state index in [4.69, 9.17) is 5.73 Å². The molecule has 0 saturated carbocycles. The van der Waals surface area contributed by atoms with Crippen molar-refractivity contribution in [1.29, 1.82) is 0 Å². The van der Waals surface area contributed by atoms with Gasteiger partial charge in [-0.1, -0.05) is 0 Å². The van der Waals surface area contributed by atoms with E-state index in [2.05, 4.69) is 0 Å². The molecule has 1 saturated heterocycles. The molecule has 3 N–H and O–H groups in total. The van der Waals surface area contributed by atoms with Crippen molar-refractivity contribution in [2.24, 2.45) is 5.73 Å². The van der Waals surface area contributed by atoms with E-state index in [0.29, 0.717) is 25.9 Å². The number of carbonyl (C=O) groups excluding carboxylic acids is 1. The number of carbonyl (C=O) groups is 1. The second-order valence-corrected chi connectivity index (χ2v) is 4.93. The van der Waals surface area contributed by atoms with Gasteiger partial charge >= 0.3 is 0 Å². The van der Waals surface area contributed by atoms with Gasteiger partial charge in [0.2, 0.25) is 5.91 Å². The molecule has 1 rings (SSSR count). The maximum Gasteiger partial charge on any atom is 0.239 e. The number of hydrogen-bond donors (Lipinski definition) is 2. The molecule has 0 unspecified atom stereocenters. The summed E-state index contributed by atoms with van der Waals surface area (Å²) in [5.41, 5.74) is 5.80. The van der Waals surface area contributed by atoms with Gasteiger partial charge in [0.05, 0.1) is 12.1 Å². The summed E-state index contributed by atoms with van der Waals surface area (Å²) in [6.45, 7) is 1.29. The molecule has 1 fully saturated rings. The van der Waals surface area contributed by atoms with E-state index >= 15 is 0 Å². The van der Waals surface area contributed by atoms with Crippen molar-refractivity contribution < 1.29 is 9.90 Å². The summed E-state index contributed by atoms with van der Waals surface area (Å²) in [6.07, 6.45) is 3.87. The predicted octanol–water partition coefficient (Wildman–Crippen LogP) is 0.0501. The van der Waals surface area contributed by atoms with Gasteiger partial charge in [0.1, 0.15) is 0 Å². The Hall–Kier alpha value is -0.260. The zero-order valence-corrected chi connectivity index (χ0v) is 10.0. The molecule has 0 spiro atoms. The lowest BCUT2D eigenvalue weighted by molar-refractivity contribution is -0.134. The van der Waals surface area contributed by atoms with Crippen molar-refractivity contribution in [2.45, 2.75) is 31.4 Å². The first-order valence-electron chi connectivity index (χ1n) is 5.36. The Bertz CT molecular complexity index is 206. The van der Waals surface area contributed by atoms with Crippen molar-refractivity contribution in [3.05, 3.63) is 0 Å². The molecule has 1 aliphatic rings. The van der Waals surface area contributed by atoms with Gasteiger partial charge in [-0.2, -0.15) is 11.8 Å². The van der Waals surface area contributed by atoms with Crippen LogP contribution in [0.2, 0.25) is 0 Å². The van der Waals surface area contributed by atoms with Gasteiger partial charge in [-0.3, -0.25) is 4.79 Å². The summed E-state index contributed by atoms with van der Waals surface area (Å²) >= 11 is 1.70. The number of likely N-dealkylation sites (tertiary alicyclic amines) is 1. The largest absolute Gasteiger partial charge is 0.393 e. The lowest BCUT2D eigenvalue weighted by Crippen LogP contribution is -2.48. The Morgan fingerprint density at radius 1 is 1.60 bits per heavy atom. The number of nitrogens with zero attached hydrogens (tertiary/aromatic N) is 1. The van der Waals surface area contributed by atoms with Gasteiger partial charge in [0, 0.05) is 13.1 Å². The summed E-state index contributed by atoms with van der Waals surface area (Å²) in [5.74, 6) is 0.958. The summed E-state index contributed by atoms with van der Waals surface area (Å²) in [7, 11) is 0. The fourth-order valence-electron chi connectivity index (χ4n) is 1.69. The minimum atomic E-state index is -0.368. The number of thioether (sulfide) groups is 1. The average Bonchev–Trinajstić information content (AvgIpc) is 2.26. The summed E-state index contributed by atoms with van der Waals surface area (Å²) in [5, 5.41) is 9.32. The third-order valence-electron chi connectivity index (χ3n) is 2.73. The normalized spacial score (nSPS) is 20.3. The number of rotatable bonds is 4. The molecule has 0 bridgehead atoms. The Labute approximate surface area is 95.2 Å². The smallest absolute Gasteiger partial charge is 0.239 e. The van der Waals surface area contributed by atoms with E-state index in [1.807, 2.05) is 6.26 Å². The second-order valence-electron chi connectivity index (χ2n) is 3.94. The monoisotopic (exact) mass is 232 g/mol. The Kier molecular flexibility index (Phi) is 5.42. The van der Waals surface area contributed by atoms with Gasteiger partial charge in [-0.15, -0.1) is 0 Å². The molecule has 15 heavy (non-hydrogen) atoms. The summed E-state index contributed by atoms with van der Waals surface area (Å²) in [6, 6.07) is -0.368. The van der Waals surface area contributed by atoms with E-state index < -0.39 is 0 Å². The molecule has 5 heteroatoms. The van der Waals surface area contributed by atoms with Gasteiger partial charge in [0.25, 0.3) is 0 Å². The van der Waals surface area contributed by atoms with Crippen LogP contribution in [0.5, 0.6) is 0 Å². The first kappa shape index (κ1) is 12.8. The van der Waals surface area contributed by atoms with Crippen LogP contribution in [-0.4, -0.2) is 53.2 Å². The molecule has 1 aliphatic heterocycles. The average molecular weight is 232 g/mol. The fourth-order valence-corrected chi connectivity index (χ4v) is 2.18. The highest BCUT2D eigenvalue weighted by atomic mass is 32.2. The molecule has 1 atom stereocenters. The maximum absolute atomic E-state index is 11.8. The zero-order chi connectivity index (χ0) is 11.3. The van der Waals surface area contributed by atoms with Crippen LogP contribution in [-0.2, 0) is 4.79 Å². The van der Waals surface area contributed by atoms with Crippen LogP contribution in [0.1, 0.15) is 19.3 Å². The van der Waals surface area contributed by atoms with Crippen molar-refractivity contribution in [2.75, 3.05) is 25.1 Å². The molecule has 0 aromatic carbocycles. The van der Waals surface area contributed by atoms with Gasteiger partial charge in [-0.05, 0) is 31.3 Å². The highest BCUT2D eigenvalue weighted by Gasteiger charge is 2.24. The first-order chi connectivity index (χ1) is 7.15. The zero-order valence-electron chi connectivity index (χ0n) is 9.19. The first-order valence-corrected chi connectivity index (χ1v) is 6.76. The molecule has 0 radical (unpaired) electrons. The van der Waals surface area contributed by atoms with Crippen molar-refractivity contribution in [1.82, 2.24) is 4.90 Å². The molecule has 0 aliphatic carbocycles.